The van der Waals surface area contributed by atoms with Crippen LogP contribution in [-0.4, -0.2) is 86.4 Å². The maximum Gasteiger partial charge on any atom is 0.323 e. The number of hydrogen-bond donors (Lipinski definition) is 2. The number of anilines is 1. The lowest BCUT2D eigenvalue weighted by Crippen LogP contribution is -2.37. The molecular formula is C22H25N5O5S2. The van der Waals surface area contributed by atoms with Crippen LogP contribution in [0.2, 0.25) is 0 Å². The third kappa shape index (κ3) is 5.30. The molecule has 2 N–H and O–H groups in total. The number of fused-ring (bicyclic) bond motifs is 1. The van der Waals surface area contributed by atoms with Gasteiger partial charge in [-0.15, -0.1) is 0 Å². The summed E-state index contributed by atoms with van der Waals surface area (Å²) in [5.74, 6) is -1.32. The monoisotopic (exact) mass is 503 g/mol. The van der Waals surface area contributed by atoms with Crippen LogP contribution in [-0.2, 0) is 14.3 Å². The Hall–Kier alpha value is -2.80. The van der Waals surface area contributed by atoms with Gasteiger partial charge in [0.1, 0.15) is 22.3 Å². The highest BCUT2D eigenvalue weighted by molar-refractivity contribution is 8.26. The van der Waals surface area contributed by atoms with E-state index in [4.69, 9.17) is 22.1 Å². The highest BCUT2D eigenvalue weighted by Crippen LogP contribution is 2.32. The van der Waals surface area contributed by atoms with Gasteiger partial charge in [0.05, 0.1) is 23.7 Å². The van der Waals surface area contributed by atoms with Crippen LogP contribution in [0.5, 0.6) is 0 Å². The van der Waals surface area contributed by atoms with Crippen LogP contribution >= 0.6 is 24.0 Å². The number of carboxylic acid groups (broad SMARTS) is 1. The minimum absolute atomic E-state index is 0.142. The minimum Gasteiger partial charge on any atom is -0.480 e. The van der Waals surface area contributed by atoms with Crippen molar-refractivity contribution in [1.82, 2.24) is 19.2 Å². The average Bonchev–Trinajstić information content (AvgIpc) is 3.07. The molecule has 180 valence electrons. The zero-order chi connectivity index (χ0) is 24.2. The molecule has 2 aliphatic rings. The number of nitrogens with zero attached hydrogens (tertiary/aromatic N) is 4. The van der Waals surface area contributed by atoms with Gasteiger partial charge in [0.2, 0.25) is 0 Å². The molecule has 34 heavy (non-hydrogen) atoms. The predicted octanol–water partition coefficient (Wildman–Crippen LogP) is 1.42. The van der Waals surface area contributed by atoms with Crippen LogP contribution in [0.25, 0.3) is 11.7 Å². The summed E-state index contributed by atoms with van der Waals surface area (Å²) in [7, 11) is 0. The summed E-state index contributed by atoms with van der Waals surface area (Å²) in [6, 6.07) is 3.64. The molecule has 0 saturated carbocycles. The van der Waals surface area contributed by atoms with Gasteiger partial charge in [-0.05, 0) is 37.6 Å². The van der Waals surface area contributed by atoms with Gasteiger partial charge in [-0.25, -0.2) is 4.98 Å². The number of thiocarbonyl (C=S) groups is 1. The molecule has 0 unspecified atom stereocenters. The van der Waals surface area contributed by atoms with Gasteiger partial charge in [-0.2, -0.15) is 0 Å². The topological polar surface area (TPSA) is 116 Å². The lowest BCUT2D eigenvalue weighted by atomic mass is 10.2. The fourth-order valence-corrected chi connectivity index (χ4v) is 5.05. The van der Waals surface area contributed by atoms with E-state index in [1.54, 1.807) is 12.3 Å². The third-order valence-corrected chi connectivity index (χ3v) is 6.95. The third-order valence-electron chi connectivity index (χ3n) is 5.57. The van der Waals surface area contributed by atoms with Crippen molar-refractivity contribution < 1.29 is 19.4 Å². The molecule has 0 spiro atoms. The van der Waals surface area contributed by atoms with E-state index >= 15 is 0 Å². The molecule has 2 saturated heterocycles. The van der Waals surface area contributed by atoms with Crippen LogP contribution in [0.4, 0.5) is 5.82 Å². The molecule has 10 nitrogen and oxygen atoms in total. The normalized spacial score (nSPS) is 18.3. The Morgan fingerprint density at radius 2 is 2.12 bits per heavy atom. The Balaban J connectivity index is 1.63. The summed E-state index contributed by atoms with van der Waals surface area (Å²) in [4.78, 5) is 45.4. The van der Waals surface area contributed by atoms with Gasteiger partial charge >= 0.3 is 5.97 Å². The Bertz CT molecular complexity index is 1220. The maximum absolute atomic E-state index is 13.4. The molecule has 4 heterocycles. The van der Waals surface area contributed by atoms with E-state index in [-0.39, 0.29) is 20.3 Å². The van der Waals surface area contributed by atoms with E-state index in [1.165, 1.54) is 10.5 Å². The average molecular weight is 504 g/mol. The second-order valence-corrected chi connectivity index (χ2v) is 9.64. The number of carbonyl (C=O) groups excluding carboxylic acids is 1. The summed E-state index contributed by atoms with van der Waals surface area (Å²) in [5.41, 5.74) is 1.27. The Labute approximate surface area is 205 Å². The van der Waals surface area contributed by atoms with Gasteiger partial charge in [0.15, 0.2) is 0 Å². The smallest absolute Gasteiger partial charge is 0.323 e. The van der Waals surface area contributed by atoms with E-state index in [0.29, 0.717) is 18.0 Å². The van der Waals surface area contributed by atoms with Gasteiger partial charge in [-0.1, -0.05) is 30.0 Å². The lowest BCUT2D eigenvalue weighted by molar-refractivity contribution is -0.140. The van der Waals surface area contributed by atoms with Crippen molar-refractivity contribution in [3.63, 3.8) is 0 Å². The Morgan fingerprint density at radius 1 is 1.35 bits per heavy atom. The number of hydrogen-bond acceptors (Lipinski definition) is 9. The van der Waals surface area contributed by atoms with Gasteiger partial charge in [0, 0.05) is 25.8 Å². The second-order valence-electron chi connectivity index (χ2n) is 7.96. The number of aromatic nitrogens is 2. The molecule has 2 aliphatic heterocycles. The van der Waals surface area contributed by atoms with Crippen LogP contribution in [0, 0.1) is 6.92 Å². The van der Waals surface area contributed by atoms with Gasteiger partial charge in [0.25, 0.3) is 11.5 Å². The first kappa shape index (κ1) is 24.3. The largest absolute Gasteiger partial charge is 0.480 e. The Morgan fingerprint density at radius 3 is 2.85 bits per heavy atom. The molecule has 0 radical (unpaired) electrons. The highest BCUT2D eigenvalue weighted by atomic mass is 32.2. The predicted molar refractivity (Wildman–Crippen MR) is 134 cm³/mol. The zero-order valence-electron chi connectivity index (χ0n) is 18.7. The van der Waals surface area contributed by atoms with E-state index in [1.807, 2.05) is 13.0 Å². The number of rotatable bonds is 8. The number of aliphatic carboxylic acids is 1. The van der Waals surface area contributed by atoms with E-state index in [2.05, 4.69) is 15.2 Å². The second kappa shape index (κ2) is 10.6. The summed E-state index contributed by atoms with van der Waals surface area (Å²) >= 11 is 6.15. The van der Waals surface area contributed by atoms with Crippen molar-refractivity contribution in [3.05, 3.63) is 44.7 Å². The standard InChI is InChI=1S/C22H25N5O5S2/c1-14-4-2-7-26-19(14)24-18(23-5-3-6-25-8-10-32-11-9-25)15(20(26)30)12-16-21(31)27(13-17(28)29)22(33)34-16/h2,4,7,12,23H,3,5-6,8-11,13H2,1H3,(H,28,29)/b16-12-. The SMILES string of the molecule is Cc1cccn2c(=O)c(/C=C3\SC(=S)N(CC(=O)O)C3=O)c(NCCCN3CCOCC3)nc12. The fourth-order valence-electron chi connectivity index (χ4n) is 3.81. The molecule has 0 aliphatic carbocycles. The van der Waals surface area contributed by atoms with Crippen molar-refractivity contribution in [2.24, 2.45) is 0 Å². The first-order valence-electron chi connectivity index (χ1n) is 10.9. The zero-order valence-corrected chi connectivity index (χ0v) is 20.3. The number of nitrogens with one attached hydrogen (secondary N) is 1. The molecule has 0 atom stereocenters. The van der Waals surface area contributed by atoms with Crippen LogP contribution < -0.4 is 10.9 Å². The van der Waals surface area contributed by atoms with E-state index in [0.717, 1.165) is 61.5 Å². The van der Waals surface area contributed by atoms with Crippen LogP contribution in [0.3, 0.4) is 0 Å². The van der Waals surface area contributed by atoms with Crippen molar-refractivity contribution in [3.8, 4) is 0 Å². The number of pyridine rings is 1. The summed E-state index contributed by atoms with van der Waals surface area (Å²) in [5, 5.41) is 12.3. The van der Waals surface area contributed by atoms with Crippen molar-refractivity contribution in [2.45, 2.75) is 13.3 Å². The maximum atomic E-state index is 13.4. The molecule has 2 aromatic heterocycles. The molecule has 0 bridgehead atoms. The minimum atomic E-state index is -1.16. The molecule has 4 rings (SSSR count). The first-order chi connectivity index (χ1) is 16.3. The summed E-state index contributed by atoms with van der Waals surface area (Å²) in [6.07, 6.45) is 3.93. The number of morpholine rings is 1. The van der Waals surface area contributed by atoms with Crippen molar-refractivity contribution >= 4 is 57.7 Å². The van der Waals surface area contributed by atoms with Crippen LogP contribution in [0.15, 0.2) is 28.0 Å². The van der Waals surface area contributed by atoms with Gasteiger partial charge in [-0.3, -0.25) is 28.6 Å². The molecule has 2 aromatic rings. The molecule has 0 aromatic carbocycles. The summed E-state index contributed by atoms with van der Waals surface area (Å²) < 4.78 is 6.96. The molecule has 1 amide bonds. The number of amides is 1. The molecule has 12 heteroatoms. The fraction of sp³-hybridized carbons (Fsp3) is 0.409. The Kier molecular flexibility index (Phi) is 7.61. The molecule has 2 fully saturated rings. The lowest BCUT2D eigenvalue weighted by Gasteiger charge is -2.26. The van der Waals surface area contributed by atoms with Crippen LogP contribution in [0.1, 0.15) is 17.5 Å². The van der Waals surface area contributed by atoms with E-state index in [9.17, 15) is 14.4 Å². The van der Waals surface area contributed by atoms with Gasteiger partial charge < -0.3 is 15.2 Å². The molecular weight excluding hydrogens is 478 g/mol. The van der Waals surface area contributed by atoms with E-state index < -0.39 is 18.4 Å². The number of aryl methyl sites for hydroxylation is 1. The number of carboxylic acids is 1. The number of carbonyl (C=O) groups is 2. The first-order valence-corrected chi connectivity index (χ1v) is 12.1. The highest BCUT2D eigenvalue weighted by Gasteiger charge is 2.34. The number of thioether (sulfide) groups is 1. The number of ether oxygens (including phenoxy) is 1. The van der Waals surface area contributed by atoms with Crippen molar-refractivity contribution in [2.75, 3.05) is 51.3 Å². The van der Waals surface area contributed by atoms with Crippen molar-refractivity contribution in [1.29, 1.82) is 0 Å². The quantitative estimate of drug-likeness (QED) is 0.311. The summed E-state index contributed by atoms with van der Waals surface area (Å²) in [6.45, 7) is 6.11.